The Morgan fingerprint density at radius 1 is 1.35 bits per heavy atom. The smallest absolute Gasteiger partial charge is 0.235 e. The lowest BCUT2D eigenvalue weighted by Crippen LogP contribution is -2.14. The van der Waals surface area contributed by atoms with Gasteiger partial charge in [0.1, 0.15) is 11.1 Å². The number of benzene rings is 1. The average molecular weight is 452 g/mol. The molecule has 0 saturated carbocycles. The van der Waals surface area contributed by atoms with Gasteiger partial charge in [-0.2, -0.15) is 5.26 Å². The second-order valence-corrected chi connectivity index (χ2v) is 9.95. The van der Waals surface area contributed by atoms with Gasteiger partial charge in [0, 0.05) is 17.5 Å². The van der Waals surface area contributed by atoms with Gasteiger partial charge in [0.05, 0.1) is 11.3 Å². The minimum absolute atomic E-state index is 0.132. The van der Waals surface area contributed by atoms with E-state index in [-0.39, 0.29) is 11.7 Å². The first-order valence-electron chi connectivity index (χ1n) is 10.4. The number of aromatic nitrogens is 3. The minimum Gasteiger partial charge on any atom is -0.316 e. The molecule has 1 aromatic carbocycles. The minimum atomic E-state index is -0.132. The van der Waals surface area contributed by atoms with E-state index in [0.29, 0.717) is 21.6 Å². The fourth-order valence-electron chi connectivity index (χ4n) is 3.90. The molecule has 0 radical (unpaired) electrons. The topological polar surface area (TPSA) is 83.6 Å². The number of nitrogens with one attached hydrogen (secondary N) is 1. The summed E-state index contributed by atoms with van der Waals surface area (Å²) in [5, 5.41) is 22.5. The molecule has 1 aliphatic carbocycles. The molecule has 1 N–H and O–H groups in total. The number of anilines is 1. The number of rotatable bonds is 6. The van der Waals surface area contributed by atoms with E-state index in [1.807, 2.05) is 42.8 Å². The van der Waals surface area contributed by atoms with Gasteiger partial charge in [0.2, 0.25) is 5.91 Å². The molecule has 1 aliphatic rings. The molecule has 160 valence electrons. The van der Waals surface area contributed by atoms with E-state index in [9.17, 15) is 10.1 Å². The molecular formula is C23H25N5OS2. The quantitative estimate of drug-likeness (QED) is 0.535. The fourth-order valence-corrected chi connectivity index (χ4v) is 5.94. The predicted octanol–water partition coefficient (Wildman–Crippen LogP) is 4.97. The van der Waals surface area contributed by atoms with Crippen molar-refractivity contribution in [1.82, 2.24) is 14.8 Å². The Morgan fingerprint density at radius 3 is 2.84 bits per heavy atom. The largest absolute Gasteiger partial charge is 0.316 e. The number of carbonyl (C=O) groups excluding carboxylic acids is 1. The number of fused-ring (bicyclic) bond motifs is 1. The van der Waals surface area contributed by atoms with Gasteiger partial charge in [-0.25, -0.2) is 0 Å². The van der Waals surface area contributed by atoms with Gasteiger partial charge >= 0.3 is 0 Å². The van der Waals surface area contributed by atoms with Crippen LogP contribution in [0.3, 0.4) is 0 Å². The highest BCUT2D eigenvalue weighted by Gasteiger charge is 2.26. The lowest BCUT2D eigenvalue weighted by atomic mass is 9.86. The molecule has 8 heteroatoms. The number of amides is 1. The zero-order valence-electron chi connectivity index (χ0n) is 17.9. The zero-order valence-corrected chi connectivity index (χ0v) is 19.6. The van der Waals surface area contributed by atoms with E-state index >= 15 is 0 Å². The van der Waals surface area contributed by atoms with Crippen LogP contribution in [0.2, 0.25) is 0 Å². The maximum atomic E-state index is 12.6. The number of thiophene rings is 1. The van der Waals surface area contributed by atoms with Gasteiger partial charge in [-0.15, -0.1) is 21.5 Å². The van der Waals surface area contributed by atoms with Crippen molar-refractivity contribution in [2.75, 3.05) is 11.1 Å². The maximum Gasteiger partial charge on any atom is 0.235 e. The van der Waals surface area contributed by atoms with Gasteiger partial charge < -0.3 is 9.88 Å². The SMILES string of the molecule is CCC1CCc2c(sc(NC(=O)CSc3nnc(-c4ccc(C)cc4)n3C)c2C#N)C1. The Kier molecular flexibility index (Phi) is 6.44. The molecule has 1 amide bonds. The Labute approximate surface area is 190 Å². The highest BCUT2D eigenvalue weighted by atomic mass is 32.2. The van der Waals surface area contributed by atoms with Crippen LogP contribution in [0, 0.1) is 24.2 Å². The number of hydrogen-bond acceptors (Lipinski definition) is 6. The van der Waals surface area contributed by atoms with Crippen LogP contribution >= 0.6 is 23.1 Å². The molecule has 2 heterocycles. The number of hydrogen-bond donors (Lipinski definition) is 1. The number of carbonyl (C=O) groups is 1. The number of aryl methyl sites for hydroxylation is 1. The molecule has 4 rings (SSSR count). The zero-order chi connectivity index (χ0) is 22.0. The Bertz CT molecular complexity index is 1140. The summed E-state index contributed by atoms with van der Waals surface area (Å²) >= 11 is 2.91. The van der Waals surface area contributed by atoms with E-state index in [1.165, 1.54) is 22.2 Å². The molecule has 2 aromatic heterocycles. The van der Waals surface area contributed by atoms with Gasteiger partial charge in [-0.3, -0.25) is 4.79 Å². The van der Waals surface area contributed by atoms with Gasteiger partial charge in [-0.05, 0) is 37.7 Å². The second-order valence-electron chi connectivity index (χ2n) is 7.90. The molecule has 6 nitrogen and oxygen atoms in total. The Balaban J connectivity index is 1.42. The van der Waals surface area contributed by atoms with E-state index in [1.54, 1.807) is 11.3 Å². The lowest BCUT2D eigenvalue weighted by Gasteiger charge is -2.20. The highest BCUT2D eigenvalue weighted by Crippen LogP contribution is 2.40. The lowest BCUT2D eigenvalue weighted by molar-refractivity contribution is -0.113. The monoisotopic (exact) mass is 451 g/mol. The summed E-state index contributed by atoms with van der Waals surface area (Å²) in [6.45, 7) is 4.26. The van der Waals surface area contributed by atoms with Crippen molar-refractivity contribution < 1.29 is 4.79 Å². The van der Waals surface area contributed by atoms with Gasteiger partial charge in [0.15, 0.2) is 11.0 Å². The third-order valence-corrected chi connectivity index (χ3v) is 7.98. The summed E-state index contributed by atoms with van der Waals surface area (Å²) in [6, 6.07) is 10.4. The van der Waals surface area contributed by atoms with Crippen molar-refractivity contribution in [1.29, 1.82) is 5.26 Å². The van der Waals surface area contributed by atoms with Crippen LogP contribution in [0.25, 0.3) is 11.4 Å². The van der Waals surface area contributed by atoms with Gasteiger partial charge in [0.25, 0.3) is 0 Å². The second kappa shape index (κ2) is 9.25. The van der Waals surface area contributed by atoms with E-state index in [0.717, 1.165) is 42.6 Å². The average Bonchev–Trinajstić information content (AvgIpc) is 3.31. The highest BCUT2D eigenvalue weighted by molar-refractivity contribution is 7.99. The van der Waals surface area contributed by atoms with Crippen molar-refractivity contribution in [2.24, 2.45) is 13.0 Å². The maximum absolute atomic E-state index is 12.6. The van der Waals surface area contributed by atoms with Crippen molar-refractivity contribution >= 4 is 34.0 Å². The van der Waals surface area contributed by atoms with Crippen molar-refractivity contribution in [3.63, 3.8) is 0 Å². The van der Waals surface area contributed by atoms with E-state index in [4.69, 9.17) is 0 Å². The van der Waals surface area contributed by atoms with Crippen LogP contribution in [-0.2, 0) is 24.7 Å². The molecule has 0 aliphatic heterocycles. The first kappa shape index (κ1) is 21.6. The summed E-state index contributed by atoms with van der Waals surface area (Å²) in [7, 11) is 1.90. The third kappa shape index (κ3) is 4.53. The van der Waals surface area contributed by atoms with Crippen LogP contribution < -0.4 is 5.32 Å². The fraction of sp³-hybridized carbons (Fsp3) is 0.391. The summed E-state index contributed by atoms with van der Waals surface area (Å²) in [5.41, 5.74) is 3.96. The number of thioether (sulfide) groups is 1. The molecule has 0 saturated heterocycles. The van der Waals surface area contributed by atoms with Crippen molar-refractivity contribution in [3.8, 4) is 17.5 Å². The number of nitriles is 1. The standard InChI is InChI=1S/C23H25N5OS2/c1-4-15-7-10-17-18(12-24)22(31-19(17)11-15)25-20(29)13-30-23-27-26-21(28(23)3)16-8-5-14(2)6-9-16/h5-6,8-9,15H,4,7,10-11,13H2,1-3H3,(H,25,29). The molecular weight excluding hydrogens is 426 g/mol. The normalized spacial score (nSPS) is 15.4. The summed E-state index contributed by atoms with van der Waals surface area (Å²) in [5.74, 6) is 1.53. The van der Waals surface area contributed by atoms with Crippen LogP contribution in [-0.4, -0.2) is 26.4 Å². The van der Waals surface area contributed by atoms with Crippen molar-refractivity contribution in [3.05, 3.63) is 45.8 Å². The number of nitrogens with zero attached hydrogens (tertiary/aromatic N) is 4. The summed E-state index contributed by atoms with van der Waals surface area (Å²) in [4.78, 5) is 13.9. The van der Waals surface area contributed by atoms with Crippen LogP contribution in [0.15, 0.2) is 29.4 Å². The van der Waals surface area contributed by atoms with Crippen LogP contribution in [0.4, 0.5) is 5.00 Å². The predicted molar refractivity (Wildman–Crippen MR) is 125 cm³/mol. The van der Waals surface area contributed by atoms with Crippen molar-refractivity contribution in [2.45, 2.75) is 44.7 Å². The van der Waals surface area contributed by atoms with Gasteiger partial charge in [-0.1, -0.05) is 54.9 Å². The Morgan fingerprint density at radius 2 is 2.13 bits per heavy atom. The molecule has 31 heavy (non-hydrogen) atoms. The first-order chi connectivity index (χ1) is 15.0. The molecule has 0 spiro atoms. The first-order valence-corrected chi connectivity index (χ1v) is 12.2. The summed E-state index contributed by atoms with van der Waals surface area (Å²) < 4.78 is 1.90. The van der Waals surface area contributed by atoms with Crippen LogP contribution in [0.5, 0.6) is 0 Å². The third-order valence-electron chi connectivity index (χ3n) is 5.79. The summed E-state index contributed by atoms with van der Waals surface area (Å²) in [6.07, 6.45) is 4.21. The Hall–Kier alpha value is -2.63. The molecule has 3 aromatic rings. The molecule has 1 atom stereocenters. The van der Waals surface area contributed by atoms with E-state index < -0.39 is 0 Å². The molecule has 0 fully saturated rings. The molecule has 0 bridgehead atoms. The van der Waals surface area contributed by atoms with E-state index in [2.05, 4.69) is 28.5 Å². The van der Waals surface area contributed by atoms with Crippen LogP contribution in [0.1, 0.15) is 41.3 Å². The molecule has 1 unspecified atom stereocenters.